The first kappa shape index (κ1) is 14.0. The lowest BCUT2D eigenvalue weighted by molar-refractivity contribution is 0.282. The van der Waals surface area contributed by atoms with Crippen molar-refractivity contribution in [2.24, 2.45) is 5.92 Å². The van der Waals surface area contributed by atoms with E-state index in [1.165, 1.54) is 51.4 Å². The Morgan fingerprint density at radius 3 is 2.50 bits per heavy atom. The Kier molecular flexibility index (Phi) is 7.87. The summed E-state index contributed by atoms with van der Waals surface area (Å²) in [5.41, 5.74) is 0. The zero-order valence-electron chi connectivity index (χ0n) is 10.9. The monoisotopic (exact) mass is 227 g/mol. The van der Waals surface area contributed by atoms with Gasteiger partial charge >= 0.3 is 0 Å². The minimum Gasteiger partial charge on any atom is -0.396 e. The number of aliphatic hydroxyl groups excluding tert-OH is 1. The van der Waals surface area contributed by atoms with E-state index in [9.17, 15) is 0 Å². The molecule has 1 rings (SSSR count). The van der Waals surface area contributed by atoms with Gasteiger partial charge in [-0.3, -0.25) is 0 Å². The zero-order valence-corrected chi connectivity index (χ0v) is 10.9. The van der Waals surface area contributed by atoms with Crippen LogP contribution in [0.1, 0.15) is 64.7 Å². The topological polar surface area (TPSA) is 32.3 Å². The van der Waals surface area contributed by atoms with Crippen molar-refractivity contribution < 1.29 is 5.11 Å². The van der Waals surface area contributed by atoms with Gasteiger partial charge in [-0.15, -0.1) is 0 Å². The molecule has 0 aromatic carbocycles. The zero-order chi connectivity index (χ0) is 11.6. The van der Waals surface area contributed by atoms with E-state index in [2.05, 4.69) is 12.2 Å². The molecule has 0 bridgehead atoms. The van der Waals surface area contributed by atoms with Crippen LogP contribution in [0.15, 0.2) is 0 Å². The lowest BCUT2D eigenvalue weighted by Crippen LogP contribution is -2.28. The molecule has 0 heterocycles. The van der Waals surface area contributed by atoms with Crippen LogP contribution in [-0.2, 0) is 0 Å². The SMILES string of the molecule is CC(CC1CCCC1)NCCCCCCO. The van der Waals surface area contributed by atoms with Gasteiger partial charge in [0.15, 0.2) is 0 Å². The Labute approximate surface area is 101 Å². The van der Waals surface area contributed by atoms with Gasteiger partial charge in [-0.05, 0) is 38.6 Å². The second kappa shape index (κ2) is 9.00. The summed E-state index contributed by atoms with van der Waals surface area (Å²) < 4.78 is 0. The maximum atomic E-state index is 8.65. The van der Waals surface area contributed by atoms with Crippen molar-refractivity contribution in [3.63, 3.8) is 0 Å². The molecule has 1 fully saturated rings. The van der Waals surface area contributed by atoms with E-state index in [4.69, 9.17) is 5.11 Å². The summed E-state index contributed by atoms with van der Waals surface area (Å²) in [7, 11) is 0. The Morgan fingerprint density at radius 1 is 1.12 bits per heavy atom. The summed E-state index contributed by atoms with van der Waals surface area (Å²) in [4.78, 5) is 0. The van der Waals surface area contributed by atoms with Crippen LogP contribution in [-0.4, -0.2) is 24.3 Å². The lowest BCUT2D eigenvalue weighted by Gasteiger charge is -2.17. The molecule has 2 nitrogen and oxygen atoms in total. The highest BCUT2D eigenvalue weighted by molar-refractivity contribution is 4.72. The number of aliphatic hydroxyl groups is 1. The largest absolute Gasteiger partial charge is 0.396 e. The van der Waals surface area contributed by atoms with E-state index in [1.807, 2.05) is 0 Å². The molecule has 0 aromatic rings. The van der Waals surface area contributed by atoms with Crippen LogP contribution in [0, 0.1) is 5.92 Å². The molecule has 1 unspecified atom stereocenters. The highest BCUT2D eigenvalue weighted by Gasteiger charge is 2.17. The van der Waals surface area contributed by atoms with Crippen molar-refractivity contribution >= 4 is 0 Å². The van der Waals surface area contributed by atoms with Gasteiger partial charge in [0, 0.05) is 12.6 Å². The maximum Gasteiger partial charge on any atom is 0.0431 e. The molecule has 1 aliphatic carbocycles. The number of hydrogen-bond acceptors (Lipinski definition) is 2. The van der Waals surface area contributed by atoms with Gasteiger partial charge in [0.1, 0.15) is 0 Å². The Morgan fingerprint density at radius 2 is 1.81 bits per heavy atom. The van der Waals surface area contributed by atoms with Gasteiger partial charge < -0.3 is 10.4 Å². The molecule has 16 heavy (non-hydrogen) atoms. The first-order chi connectivity index (χ1) is 7.83. The van der Waals surface area contributed by atoms with Crippen LogP contribution in [0.25, 0.3) is 0 Å². The fourth-order valence-electron chi connectivity index (χ4n) is 2.77. The lowest BCUT2D eigenvalue weighted by atomic mass is 9.99. The van der Waals surface area contributed by atoms with Gasteiger partial charge in [0.2, 0.25) is 0 Å². The number of hydrogen-bond donors (Lipinski definition) is 2. The van der Waals surface area contributed by atoms with E-state index in [0.29, 0.717) is 12.6 Å². The summed E-state index contributed by atoms with van der Waals surface area (Å²) in [6.45, 7) is 3.83. The minimum atomic E-state index is 0.353. The van der Waals surface area contributed by atoms with Gasteiger partial charge in [0.25, 0.3) is 0 Å². The Hall–Kier alpha value is -0.0800. The van der Waals surface area contributed by atoms with E-state index in [0.717, 1.165) is 18.9 Å². The molecule has 1 saturated carbocycles. The number of rotatable bonds is 9. The van der Waals surface area contributed by atoms with Crippen molar-refractivity contribution in [2.75, 3.05) is 13.2 Å². The summed E-state index contributed by atoms with van der Waals surface area (Å²) >= 11 is 0. The van der Waals surface area contributed by atoms with Crippen molar-refractivity contribution in [3.05, 3.63) is 0 Å². The molecule has 1 atom stereocenters. The normalized spacial score (nSPS) is 19.1. The molecule has 0 amide bonds. The molecule has 0 spiro atoms. The van der Waals surface area contributed by atoms with Gasteiger partial charge in [-0.2, -0.15) is 0 Å². The average Bonchev–Trinajstić information content (AvgIpc) is 2.76. The minimum absolute atomic E-state index is 0.353. The van der Waals surface area contributed by atoms with Gasteiger partial charge in [-0.25, -0.2) is 0 Å². The third-order valence-electron chi connectivity index (χ3n) is 3.74. The highest BCUT2D eigenvalue weighted by Crippen LogP contribution is 2.28. The quantitative estimate of drug-likeness (QED) is 0.593. The van der Waals surface area contributed by atoms with E-state index < -0.39 is 0 Å². The second-order valence-corrected chi connectivity index (χ2v) is 5.38. The summed E-state index contributed by atoms with van der Waals surface area (Å²) in [6, 6.07) is 0.695. The summed E-state index contributed by atoms with van der Waals surface area (Å²) in [6.07, 6.45) is 11.9. The van der Waals surface area contributed by atoms with E-state index in [1.54, 1.807) is 0 Å². The first-order valence-corrected chi connectivity index (χ1v) is 7.17. The van der Waals surface area contributed by atoms with Crippen molar-refractivity contribution in [1.29, 1.82) is 0 Å². The van der Waals surface area contributed by atoms with Crippen LogP contribution < -0.4 is 5.32 Å². The van der Waals surface area contributed by atoms with Crippen LogP contribution in [0.4, 0.5) is 0 Å². The molecular weight excluding hydrogens is 198 g/mol. The van der Waals surface area contributed by atoms with Crippen molar-refractivity contribution in [2.45, 2.75) is 70.8 Å². The molecule has 1 aliphatic rings. The van der Waals surface area contributed by atoms with Crippen LogP contribution in [0.2, 0.25) is 0 Å². The molecule has 2 N–H and O–H groups in total. The molecular formula is C14H29NO. The summed E-state index contributed by atoms with van der Waals surface area (Å²) in [5, 5.41) is 12.3. The number of nitrogens with one attached hydrogen (secondary N) is 1. The van der Waals surface area contributed by atoms with Gasteiger partial charge in [-0.1, -0.05) is 38.5 Å². The van der Waals surface area contributed by atoms with Gasteiger partial charge in [0.05, 0.1) is 0 Å². The second-order valence-electron chi connectivity index (χ2n) is 5.38. The maximum absolute atomic E-state index is 8.65. The van der Waals surface area contributed by atoms with Crippen molar-refractivity contribution in [1.82, 2.24) is 5.32 Å². The first-order valence-electron chi connectivity index (χ1n) is 7.17. The van der Waals surface area contributed by atoms with E-state index in [-0.39, 0.29) is 0 Å². The van der Waals surface area contributed by atoms with Crippen LogP contribution >= 0.6 is 0 Å². The molecule has 96 valence electrons. The third kappa shape index (κ3) is 6.49. The van der Waals surface area contributed by atoms with E-state index >= 15 is 0 Å². The molecule has 0 aromatic heterocycles. The Bertz CT molecular complexity index is 155. The smallest absolute Gasteiger partial charge is 0.0431 e. The molecule has 0 radical (unpaired) electrons. The third-order valence-corrected chi connectivity index (χ3v) is 3.74. The highest BCUT2D eigenvalue weighted by atomic mass is 16.2. The van der Waals surface area contributed by atoms with Crippen LogP contribution in [0.5, 0.6) is 0 Å². The fourth-order valence-corrected chi connectivity index (χ4v) is 2.77. The average molecular weight is 227 g/mol. The summed E-state index contributed by atoms with van der Waals surface area (Å²) in [5.74, 6) is 0.997. The predicted octanol–water partition coefficient (Wildman–Crippen LogP) is 3.10. The predicted molar refractivity (Wildman–Crippen MR) is 69.6 cm³/mol. The molecule has 0 saturated heterocycles. The molecule has 0 aliphatic heterocycles. The Balaban J connectivity index is 1.87. The standard InChI is InChI=1S/C14H29NO/c1-13(12-14-8-4-5-9-14)15-10-6-2-3-7-11-16/h13-16H,2-12H2,1H3. The fraction of sp³-hybridized carbons (Fsp3) is 1.00. The molecule has 2 heteroatoms. The van der Waals surface area contributed by atoms with Crippen molar-refractivity contribution in [3.8, 4) is 0 Å². The number of unbranched alkanes of at least 4 members (excludes halogenated alkanes) is 3. The van der Waals surface area contributed by atoms with Crippen LogP contribution in [0.3, 0.4) is 0 Å².